The molecule has 39 heavy (non-hydrogen) atoms. The Morgan fingerprint density at radius 1 is 0.872 bits per heavy atom. The lowest BCUT2D eigenvalue weighted by molar-refractivity contribution is 0.182. The van der Waals surface area contributed by atoms with Crippen LogP contribution in [0.15, 0.2) is 33.5 Å². The molecule has 2 aromatic carbocycles. The first-order valence-corrected chi connectivity index (χ1v) is 13.0. The SMILES string of the molecule is COc1cc(OC)c2c(=O)c(OCCCN(C)C3CCNCC3)c(-c3cc(OC)c(OC)c(OC)c3)oc2c1. The molecule has 0 bridgehead atoms. The van der Waals surface area contributed by atoms with Crippen LogP contribution in [0.25, 0.3) is 22.3 Å². The predicted octanol–water partition coefficient (Wildman–Crippen LogP) is 3.96. The summed E-state index contributed by atoms with van der Waals surface area (Å²) in [4.78, 5) is 16.3. The summed E-state index contributed by atoms with van der Waals surface area (Å²) in [7, 11) is 9.77. The zero-order valence-corrected chi connectivity index (χ0v) is 23.5. The second kappa shape index (κ2) is 12.9. The molecule has 10 heteroatoms. The lowest BCUT2D eigenvalue weighted by Crippen LogP contribution is -2.41. The van der Waals surface area contributed by atoms with Gasteiger partial charge in [0.1, 0.15) is 22.5 Å². The van der Waals surface area contributed by atoms with Gasteiger partial charge >= 0.3 is 0 Å². The van der Waals surface area contributed by atoms with Crippen LogP contribution in [0.1, 0.15) is 19.3 Å². The van der Waals surface area contributed by atoms with Gasteiger partial charge in [0.05, 0.1) is 42.2 Å². The summed E-state index contributed by atoms with van der Waals surface area (Å²) >= 11 is 0. The van der Waals surface area contributed by atoms with Gasteiger partial charge in [-0.2, -0.15) is 0 Å². The standard InChI is InChI=1S/C29H38N2O8/c1-31(19-8-10-30-11-9-19)12-7-13-38-29-26(32)25-21(34-3)16-20(33-2)17-22(25)39-27(29)18-14-23(35-4)28(37-6)24(15-18)36-5/h14-17,19,30H,7-13H2,1-6H3. The average molecular weight is 543 g/mol. The number of methoxy groups -OCH3 is 5. The highest BCUT2D eigenvalue weighted by Crippen LogP contribution is 2.44. The average Bonchev–Trinajstić information content (AvgIpc) is 2.98. The normalized spacial score (nSPS) is 13.9. The van der Waals surface area contributed by atoms with E-state index in [9.17, 15) is 4.79 Å². The van der Waals surface area contributed by atoms with Crippen LogP contribution in [0.4, 0.5) is 0 Å². The monoisotopic (exact) mass is 542 g/mol. The van der Waals surface area contributed by atoms with E-state index in [1.54, 1.807) is 24.3 Å². The first kappa shape index (κ1) is 28.4. The van der Waals surface area contributed by atoms with Crippen molar-refractivity contribution in [1.29, 1.82) is 0 Å². The van der Waals surface area contributed by atoms with E-state index in [2.05, 4.69) is 17.3 Å². The fourth-order valence-corrected chi connectivity index (χ4v) is 4.97. The molecule has 0 spiro atoms. The molecule has 1 aliphatic rings. The number of fused-ring (bicyclic) bond motifs is 1. The molecule has 0 unspecified atom stereocenters. The van der Waals surface area contributed by atoms with Gasteiger partial charge in [-0.15, -0.1) is 0 Å². The second-order valence-electron chi connectivity index (χ2n) is 9.37. The third-order valence-electron chi connectivity index (χ3n) is 7.11. The van der Waals surface area contributed by atoms with Gasteiger partial charge in [0.2, 0.25) is 16.9 Å². The Hall–Kier alpha value is -3.63. The zero-order chi connectivity index (χ0) is 27.9. The maximum absolute atomic E-state index is 13.9. The molecule has 0 radical (unpaired) electrons. The first-order valence-electron chi connectivity index (χ1n) is 13.0. The van der Waals surface area contributed by atoms with Crippen LogP contribution in [-0.2, 0) is 0 Å². The van der Waals surface area contributed by atoms with E-state index in [0.29, 0.717) is 52.5 Å². The van der Waals surface area contributed by atoms with Gasteiger partial charge in [-0.1, -0.05) is 0 Å². The van der Waals surface area contributed by atoms with E-state index in [0.717, 1.165) is 38.9 Å². The van der Waals surface area contributed by atoms with Crippen molar-refractivity contribution in [2.75, 3.05) is 68.8 Å². The Labute approximate surface area is 228 Å². The predicted molar refractivity (Wildman–Crippen MR) is 149 cm³/mol. The maximum atomic E-state index is 13.9. The maximum Gasteiger partial charge on any atom is 0.239 e. The van der Waals surface area contributed by atoms with Crippen molar-refractivity contribution in [2.45, 2.75) is 25.3 Å². The molecular formula is C29H38N2O8. The molecule has 1 N–H and O–H groups in total. The Balaban J connectivity index is 1.75. The van der Waals surface area contributed by atoms with Crippen LogP contribution >= 0.6 is 0 Å². The van der Waals surface area contributed by atoms with Gasteiger partial charge in [0, 0.05) is 30.3 Å². The zero-order valence-electron chi connectivity index (χ0n) is 23.5. The van der Waals surface area contributed by atoms with Crippen LogP contribution in [0.3, 0.4) is 0 Å². The Morgan fingerprint density at radius 2 is 1.54 bits per heavy atom. The first-order chi connectivity index (χ1) is 18.9. The summed E-state index contributed by atoms with van der Waals surface area (Å²) in [6, 6.07) is 7.29. The van der Waals surface area contributed by atoms with Crippen LogP contribution < -0.4 is 39.2 Å². The summed E-state index contributed by atoms with van der Waals surface area (Å²) in [6.45, 7) is 3.26. The minimum atomic E-state index is -0.341. The molecule has 3 aromatic rings. The van der Waals surface area contributed by atoms with Crippen molar-refractivity contribution in [3.05, 3.63) is 34.5 Å². The van der Waals surface area contributed by atoms with Crippen LogP contribution in [0.2, 0.25) is 0 Å². The molecule has 1 saturated heterocycles. The molecule has 0 aliphatic carbocycles. The van der Waals surface area contributed by atoms with E-state index in [1.807, 2.05) is 0 Å². The summed E-state index contributed by atoms with van der Waals surface area (Å²) in [6.07, 6.45) is 2.99. The number of hydrogen-bond acceptors (Lipinski definition) is 10. The molecule has 212 valence electrons. The largest absolute Gasteiger partial charge is 0.496 e. The van der Waals surface area contributed by atoms with Crippen molar-refractivity contribution in [3.63, 3.8) is 0 Å². The van der Waals surface area contributed by atoms with Crippen molar-refractivity contribution < 1.29 is 32.8 Å². The highest BCUT2D eigenvalue weighted by molar-refractivity contribution is 5.89. The molecule has 1 fully saturated rings. The number of rotatable bonds is 12. The fourth-order valence-electron chi connectivity index (χ4n) is 4.97. The van der Waals surface area contributed by atoms with Gasteiger partial charge in [-0.3, -0.25) is 4.79 Å². The van der Waals surface area contributed by atoms with Crippen molar-refractivity contribution >= 4 is 11.0 Å². The van der Waals surface area contributed by atoms with E-state index < -0.39 is 0 Å². The van der Waals surface area contributed by atoms with Crippen LogP contribution in [0, 0.1) is 0 Å². The fraction of sp³-hybridized carbons (Fsp3) is 0.483. The lowest BCUT2D eigenvalue weighted by Gasteiger charge is -2.31. The quantitative estimate of drug-likeness (QED) is 0.339. The Morgan fingerprint density at radius 3 is 2.13 bits per heavy atom. The molecule has 0 atom stereocenters. The molecule has 0 amide bonds. The van der Waals surface area contributed by atoms with E-state index in [-0.39, 0.29) is 22.3 Å². The van der Waals surface area contributed by atoms with Crippen LogP contribution in [-0.4, -0.2) is 79.8 Å². The molecule has 2 heterocycles. The highest BCUT2D eigenvalue weighted by Gasteiger charge is 2.24. The summed E-state index contributed by atoms with van der Waals surface area (Å²) < 4.78 is 40.0. The number of hydrogen-bond donors (Lipinski definition) is 1. The van der Waals surface area contributed by atoms with E-state index >= 15 is 0 Å². The second-order valence-corrected chi connectivity index (χ2v) is 9.37. The van der Waals surface area contributed by atoms with E-state index in [1.165, 1.54) is 35.5 Å². The Kier molecular flexibility index (Phi) is 9.42. The van der Waals surface area contributed by atoms with E-state index in [4.69, 9.17) is 32.8 Å². The van der Waals surface area contributed by atoms with Gasteiger partial charge in [0.15, 0.2) is 17.3 Å². The third kappa shape index (κ3) is 6.02. The van der Waals surface area contributed by atoms with Crippen molar-refractivity contribution in [1.82, 2.24) is 10.2 Å². The smallest absolute Gasteiger partial charge is 0.239 e. The number of ether oxygens (including phenoxy) is 6. The summed E-state index contributed by atoms with van der Waals surface area (Å²) in [5, 5.41) is 3.67. The van der Waals surface area contributed by atoms with Gasteiger partial charge in [-0.05, 0) is 51.5 Å². The highest BCUT2D eigenvalue weighted by atomic mass is 16.5. The minimum Gasteiger partial charge on any atom is -0.496 e. The molecule has 1 aromatic heterocycles. The lowest BCUT2D eigenvalue weighted by atomic mass is 10.1. The molecule has 10 nitrogen and oxygen atoms in total. The molecular weight excluding hydrogens is 504 g/mol. The number of piperidine rings is 1. The number of benzene rings is 2. The number of nitrogens with one attached hydrogen (secondary N) is 1. The van der Waals surface area contributed by atoms with Gasteiger partial charge in [0.25, 0.3) is 0 Å². The minimum absolute atomic E-state index is 0.0877. The number of nitrogens with zero attached hydrogens (tertiary/aromatic N) is 1. The van der Waals surface area contributed by atoms with Gasteiger partial charge in [-0.25, -0.2) is 0 Å². The van der Waals surface area contributed by atoms with Crippen molar-refractivity contribution in [2.24, 2.45) is 0 Å². The summed E-state index contributed by atoms with van der Waals surface area (Å²) in [5.74, 6) is 2.44. The Bertz CT molecular complexity index is 1310. The molecule has 0 saturated carbocycles. The van der Waals surface area contributed by atoms with Gasteiger partial charge < -0.3 is 43.1 Å². The molecule has 1 aliphatic heterocycles. The van der Waals surface area contributed by atoms with Crippen LogP contribution in [0.5, 0.6) is 34.5 Å². The topological polar surface area (TPSA) is 101 Å². The third-order valence-corrected chi connectivity index (χ3v) is 7.11. The van der Waals surface area contributed by atoms with Crippen molar-refractivity contribution in [3.8, 4) is 45.8 Å². The molecule has 4 rings (SSSR count). The summed E-state index contributed by atoms with van der Waals surface area (Å²) in [5.41, 5.74) is 0.497.